The Balaban J connectivity index is 2.10. The number of aliphatic hydroxyl groups is 1. The van der Waals surface area contributed by atoms with Gasteiger partial charge in [0.1, 0.15) is 10.5 Å². The number of carbonyl (C=O) groups excluding carboxylic acids is 1. The molecule has 1 aliphatic heterocycles. The fourth-order valence-electron chi connectivity index (χ4n) is 2.89. The first kappa shape index (κ1) is 22.0. The molecule has 2 heterocycles. The molecule has 0 amide bonds. The van der Waals surface area contributed by atoms with Crippen LogP contribution in [0, 0.1) is 5.92 Å². The molecular formula is C19H31NO6S. The van der Waals surface area contributed by atoms with Crippen molar-refractivity contribution in [2.24, 2.45) is 5.92 Å². The van der Waals surface area contributed by atoms with Crippen LogP contribution < -0.4 is 0 Å². The number of aliphatic hydroxyl groups excluding tert-OH is 1. The van der Waals surface area contributed by atoms with Gasteiger partial charge >= 0.3 is 0 Å². The molecule has 0 saturated carbocycles. The molecule has 1 aromatic heterocycles. The maximum atomic E-state index is 12.9. The summed E-state index contributed by atoms with van der Waals surface area (Å²) in [5, 5.41) is 13.8. The van der Waals surface area contributed by atoms with E-state index in [0.717, 1.165) is 0 Å². The summed E-state index contributed by atoms with van der Waals surface area (Å²) in [4.78, 5) is 12.8. The van der Waals surface area contributed by atoms with Gasteiger partial charge in [-0.25, -0.2) is 8.42 Å². The summed E-state index contributed by atoms with van der Waals surface area (Å²) in [6.45, 7) is 9.33. The Morgan fingerprint density at radius 2 is 1.89 bits per heavy atom. The fraction of sp³-hybridized carbons (Fsp3) is 0.789. The number of hydrogen-bond acceptors (Lipinski definition) is 7. The van der Waals surface area contributed by atoms with Crippen molar-refractivity contribution >= 4 is 15.6 Å². The van der Waals surface area contributed by atoms with Gasteiger partial charge in [0.25, 0.3) is 0 Å². The Kier molecular flexibility index (Phi) is 6.54. The van der Waals surface area contributed by atoms with Crippen LogP contribution in [0.2, 0.25) is 0 Å². The van der Waals surface area contributed by atoms with E-state index in [1.165, 1.54) is 13.8 Å². The van der Waals surface area contributed by atoms with Crippen molar-refractivity contribution in [2.75, 3.05) is 19.0 Å². The number of hydrogen-bond donors (Lipinski definition) is 1. The highest BCUT2D eigenvalue weighted by Crippen LogP contribution is 2.29. The minimum absolute atomic E-state index is 0.00573. The van der Waals surface area contributed by atoms with Gasteiger partial charge in [0.15, 0.2) is 15.6 Å². The topological polar surface area (TPSA) is 107 Å². The van der Waals surface area contributed by atoms with Crippen LogP contribution in [-0.4, -0.2) is 54.3 Å². The van der Waals surface area contributed by atoms with Crippen molar-refractivity contribution < 1.29 is 27.6 Å². The van der Waals surface area contributed by atoms with Gasteiger partial charge in [-0.2, -0.15) is 0 Å². The fourth-order valence-corrected chi connectivity index (χ4v) is 4.68. The number of aromatic nitrogens is 1. The van der Waals surface area contributed by atoms with E-state index in [2.05, 4.69) is 5.16 Å². The van der Waals surface area contributed by atoms with Gasteiger partial charge in [-0.15, -0.1) is 0 Å². The predicted molar refractivity (Wildman–Crippen MR) is 101 cm³/mol. The lowest BCUT2D eigenvalue weighted by molar-refractivity contribution is -0.120. The van der Waals surface area contributed by atoms with Crippen molar-refractivity contribution in [1.29, 1.82) is 0 Å². The van der Waals surface area contributed by atoms with Gasteiger partial charge in [-0.1, -0.05) is 19.0 Å². The summed E-state index contributed by atoms with van der Waals surface area (Å²) >= 11 is 0. The van der Waals surface area contributed by atoms with Crippen LogP contribution in [0.4, 0.5) is 0 Å². The molecule has 0 spiro atoms. The van der Waals surface area contributed by atoms with Crippen LogP contribution in [0.25, 0.3) is 0 Å². The molecule has 0 aromatic carbocycles. The molecule has 2 rings (SSSR count). The summed E-state index contributed by atoms with van der Waals surface area (Å²) in [6, 6.07) is 1.62. The second-order valence-electron chi connectivity index (χ2n) is 8.53. The van der Waals surface area contributed by atoms with Crippen molar-refractivity contribution in [3.05, 3.63) is 17.5 Å². The van der Waals surface area contributed by atoms with Gasteiger partial charge in [-0.3, -0.25) is 4.79 Å². The third kappa shape index (κ3) is 4.78. The van der Waals surface area contributed by atoms with Crippen molar-refractivity contribution in [1.82, 2.24) is 5.16 Å². The second kappa shape index (κ2) is 8.01. The van der Waals surface area contributed by atoms with E-state index in [9.17, 15) is 18.3 Å². The summed E-state index contributed by atoms with van der Waals surface area (Å²) in [7, 11) is -3.62. The first-order valence-corrected chi connectivity index (χ1v) is 11.0. The second-order valence-corrected chi connectivity index (χ2v) is 11.1. The van der Waals surface area contributed by atoms with E-state index in [4.69, 9.17) is 9.26 Å². The number of nitrogens with zero attached hydrogens (tertiary/aromatic N) is 1. The molecule has 8 heteroatoms. The third-order valence-corrected chi connectivity index (χ3v) is 8.52. The SMILES string of the molecule is C[C@H](O)C(C)(C)c1cc(CC(=O)C(C)(C)S(=O)(=O)CC2CCOCC2)no1. The van der Waals surface area contributed by atoms with E-state index in [-0.39, 0.29) is 18.1 Å². The van der Waals surface area contributed by atoms with Gasteiger partial charge in [0, 0.05) is 19.3 Å². The largest absolute Gasteiger partial charge is 0.392 e. The molecule has 0 bridgehead atoms. The van der Waals surface area contributed by atoms with Gasteiger partial charge in [0.05, 0.1) is 29.4 Å². The molecule has 0 aliphatic carbocycles. The molecule has 1 atom stereocenters. The summed E-state index contributed by atoms with van der Waals surface area (Å²) in [6.07, 6.45) is 0.611. The van der Waals surface area contributed by atoms with E-state index >= 15 is 0 Å². The van der Waals surface area contributed by atoms with Crippen molar-refractivity contribution in [3.8, 4) is 0 Å². The molecule has 154 valence electrons. The smallest absolute Gasteiger partial charge is 0.162 e. The van der Waals surface area contributed by atoms with Gasteiger partial charge in [0.2, 0.25) is 0 Å². The predicted octanol–water partition coefficient (Wildman–Crippen LogP) is 2.06. The van der Waals surface area contributed by atoms with Gasteiger partial charge < -0.3 is 14.4 Å². The number of ketones is 1. The molecule has 0 radical (unpaired) electrons. The van der Waals surface area contributed by atoms with Crippen LogP contribution in [0.5, 0.6) is 0 Å². The molecule has 1 fully saturated rings. The van der Waals surface area contributed by atoms with E-state index in [1.54, 1.807) is 13.0 Å². The molecule has 1 aliphatic rings. The Hall–Kier alpha value is -1.25. The Labute approximate surface area is 161 Å². The molecule has 1 saturated heterocycles. The number of ether oxygens (including phenoxy) is 1. The molecule has 1 aromatic rings. The van der Waals surface area contributed by atoms with E-state index < -0.39 is 31.9 Å². The van der Waals surface area contributed by atoms with Crippen LogP contribution >= 0.6 is 0 Å². The van der Waals surface area contributed by atoms with Crippen LogP contribution in [-0.2, 0) is 31.2 Å². The van der Waals surface area contributed by atoms with E-state index in [1.807, 2.05) is 13.8 Å². The first-order valence-electron chi connectivity index (χ1n) is 9.35. The quantitative estimate of drug-likeness (QED) is 0.710. The zero-order valence-electron chi connectivity index (χ0n) is 16.8. The standard InChI is InChI=1S/C19H31NO6S/c1-13(21)18(2,3)17-11-15(20-26-17)10-16(22)19(4,5)27(23,24)12-14-6-8-25-9-7-14/h11,13-14,21H,6-10,12H2,1-5H3/t13-/m0/s1. The normalized spacial score (nSPS) is 18.4. The lowest BCUT2D eigenvalue weighted by Crippen LogP contribution is -2.44. The average molecular weight is 402 g/mol. The third-order valence-electron chi connectivity index (χ3n) is 5.83. The monoisotopic (exact) mass is 401 g/mol. The van der Waals surface area contributed by atoms with Crippen molar-refractivity contribution in [2.45, 2.75) is 70.1 Å². The maximum Gasteiger partial charge on any atom is 0.162 e. The Morgan fingerprint density at radius 3 is 2.44 bits per heavy atom. The zero-order valence-corrected chi connectivity index (χ0v) is 17.6. The number of Topliss-reactive ketones (excluding diaryl/α,β-unsaturated/α-hetero) is 1. The van der Waals surface area contributed by atoms with E-state index in [0.29, 0.717) is 37.5 Å². The maximum absolute atomic E-state index is 12.9. The van der Waals surface area contributed by atoms with Crippen molar-refractivity contribution in [3.63, 3.8) is 0 Å². The minimum Gasteiger partial charge on any atom is -0.392 e. The lowest BCUT2D eigenvalue weighted by atomic mass is 9.84. The highest BCUT2D eigenvalue weighted by atomic mass is 32.2. The number of rotatable bonds is 8. The summed E-state index contributed by atoms with van der Waals surface area (Å²) in [5.74, 6) is 0.0718. The van der Waals surface area contributed by atoms with Crippen LogP contribution in [0.3, 0.4) is 0 Å². The Bertz CT molecular complexity index is 757. The molecule has 1 N–H and O–H groups in total. The summed E-state index contributed by atoms with van der Waals surface area (Å²) < 4.78 is 34.8. The van der Waals surface area contributed by atoms with Crippen LogP contribution in [0.1, 0.15) is 58.9 Å². The lowest BCUT2D eigenvalue weighted by Gasteiger charge is -2.28. The zero-order chi connectivity index (χ0) is 20.5. The first-order chi connectivity index (χ1) is 12.4. The molecule has 7 nitrogen and oxygen atoms in total. The number of carbonyl (C=O) groups is 1. The average Bonchev–Trinajstić information content (AvgIpc) is 3.04. The molecule has 0 unspecified atom stereocenters. The summed E-state index contributed by atoms with van der Waals surface area (Å²) in [5.41, 5.74) is -0.281. The number of sulfone groups is 1. The van der Waals surface area contributed by atoms with Crippen LogP contribution in [0.15, 0.2) is 10.6 Å². The Morgan fingerprint density at radius 1 is 1.30 bits per heavy atom. The highest BCUT2D eigenvalue weighted by molar-refractivity contribution is 7.93. The minimum atomic E-state index is -3.62. The molecule has 27 heavy (non-hydrogen) atoms. The van der Waals surface area contributed by atoms with Gasteiger partial charge in [-0.05, 0) is 39.5 Å². The highest BCUT2D eigenvalue weighted by Gasteiger charge is 2.42. The molecular weight excluding hydrogens is 370 g/mol.